The van der Waals surface area contributed by atoms with E-state index in [1.165, 1.54) is 12.1 Å². The summed E-state index contributed by atoms with van der Waals surface area (Å²) in [6, 6.07) is 6.63. The van der Waals surface area contributed by atoms with Crippen molar-refractivity contribution in [3.63, 3.8) is 0 Å². The number of nitrogens with one attached hydrogen (secondary N) is 1. The molecule has 1 aliphatic heterocycles. The normalized spacial score (nSPS) is 20.9. The molecule has 0 radical (unpaired) electrons. The van der Waals surface area contributed by atoms with Crippen LogP contribution in [-0.2, 0) is 11.2 Å². The first kappa shape index (κ1) is 14.0. The van der Waals surface area contributed by atoms with E-state index < -0.39 is 0 Å². The Morgan fingerprint density at radius 3 is 2.74 bits per heavy atom. The highest BCUT2D eigenvalue weighted by molar-refractivity contribution is 5.84. The first-order valence-corrected chi connectivity index (χ1v) is 6.90. The second kappa shape index (κ2) is 6.15. The molecule has 1 saturated heterocycles. The van der Waals surface area contributed by atoms with E-state index in [0.29, 0.717) is 0 Å². The average molecular weight is 264 g/mol. The van der Waals surface area contributed by atoms with Crippen molar-refractivity contribution in [1.29, 1.82) is 0 Å². The molecular weight excluding hydrogens is 243 g/mol. The maximum absolute atomic E-state index is 12.9. The van der Waals surface area contributed by atoms with Crippen LogP contribution in [0.2, 0.25) is 0 Å². The monoisotopic (exact) mass is 264 g/mol. The summed E-state index contributed by atoms with van der Waals surface area (Å²) in [5.74, 6) is -0.0303. The second-order valence-electron chi connectivity index (χ2n) is 5.11. The molecule has 1 fully saturated rings. The van der Waals surface area contributed by atoms with Crippen LogP contribution in [0.5, 0.6) is 0 Å². The third-order valence-corrected chi connectivity index (χ3v) is 3.67. The van der Waals surface area contributed by atoms with Crippen LogP contribution in [0.1, 0.15) is 25.8 Å². The van der Waals surface area contributed by atoms with Gasteiger partial charge in [-0.05, 0) is 44.0 Å². The van der Waals surface area contributed by atoms with E-state index in [1.54, 1.807) is 12.1 Å². The van der Waals surface area contributed by atoms with Crippen molar-refractivity contribution >= 4 is 5.91 Å². The van der Waals surface area contributed by atoms with Gasteiger partial charge in [0.15, 0.2) is 0 Å². The minimum atomic E-state index is -0.221. The maximum Gasteiger partial charge on any atom is 0.240 e. The van der Waals surface area contributed by atoms with Crippen LogP contribution in [0.3, 0.4) is 0 Å². The van der Waals surface area contributed by atoms with Gasteiger partial charge in [-0.3, -0.25) is 4.79 Å². The molecule has 1 N–H and O–H groups in total. The fourth-order valence-corrected chi connectivity index (χ4v) is 2.65. The SMILES string of the molecule is CCNC1CCN(C(C)Cc2ccc(F)cc2)C1=O. The highest BCUT2D eigenvalue weighted by Gasteiger charge is 2.33. The molecule has 0 aromatic heterocycles. The predicted octanol–water partition coefficient (Wildman–Crippen LogP) is 1.97. The molecule has 19 heavy (non-hydrogen) atoms. The molecule has 1 aromatic rings. The molecular formula is C15H21FN2O. The molecule has 2 unspecified atom stereocenters. The Morgan fingerprint density at radius 1 is 1.42 bits per heavy atom. The topological polar surface area (TPSA) is 32.3 Å². The second-order valence-corrected chi connectivity index (χ2v) is 5.11. The van der Waals surface area contributed by atoms with Gasteiger partial charge in [-0.25, -0.2) is 4.39 Å². The zero-order valence-electron chi connectivity index (χ0n) is 11.5. The van der Waals surface area contributed by atoms with Gasteiger partial charge in [0.2, 0.25) is 5.91 Å². The van der Waals surface area contributed by atoms with Crippen LogP contribution in [0.25, 0.3) is 0 Å². The summed E-state index contributed by atoms with van der Waals surface area (Å²) in [4.78, 5) is 14.1. The Morgan fingerprint density at radius 2 is 2.11 bits per heavy atom. The maximum atomic E-state index is 12.9. The van der Waals surface area contributed by atoms with E-state index in [2.05, 4.69) is 12.2 Å². The number of carbonyl (C=O) groups is 1. The fourth-order valence-electron chi connectivity index (χ4n) is 2.65. The van der Waals surface area contributed by atoms with Crippen molar-refractivity contribution in [2.45, 2.75) is 38.8 Å². The first-order valence-electron chi connectivity index (χ1n) is 6.90. The Bertz CT molecular complexity index is 432. The van der Waals surface area contributed by atoms with Gasteiger partial charge in [-0.1, -0.05) is 19.1 Å². The summed E-state index contributed by atoms with van der Waals surface area (Å²) in [6.07, 6.45) is 1.64. The Hall–Kier alpha value is -1.42. The van der Waals surface area contributed by atoms with Gasteiger partial charge >= 0.3 is 0 Å². The third-order valence-electron chi connectivity index (χ3n) is 3.67. The molecule has 1 aliphatic rings. The lowest BCUT2D eigenvalue weighted by Gasteiger charge is -2.25. The Kier molecular flexibility index (Phi) is 4.53. The molecule has 104 valence electrons. The number of nitrogens with zero attached hydrogens (tertiary/aromatic N) is 1. The Balaban J connectivity index is 1.95. The van der Waals surface area contributed by atoms with E-state index in [-0.39, 0.29) is 23.8 Å². The van der Waals surface area contributed by atoms with Gasteiger partial charge in [0.25, 0.3) is 0 Å². The molecule has 0 spiro atoms. The lowest BCUT2D eigenvalue weighted by Crippen LogP contribution is -2.42. The zero-order valence-corrected chi connectivity index (χ0v) is 11.5. The molecule has 4 heteroatoms. The van der Waals surface area contributed by atoms with E-state index in [0.717, 1.165) is 31.5 Å². The average Bonchev–Trinajstić information content (AvgIpc) is 2.75. The predicted molar refractivity (Wildman–Crippen MR) is 73.4 cm³/mol. The molecule has 1 aromatic carbocycles. The molecule has 0 bridgehead atoms. The van der Waals surface area contributed by atoms with Crippen molar-refractivity contribution in [3.05, 3.63) is 35.6 Å². The summed E-state index contributed by atoms with van der Waals surface area (Å²) >= 11 is 0. The number of carbonyl (C=O) groups excluding carboxylic acids is 1. The van der Waals surface area contributed by atoms with E-state index in [9.17, 15) is 9.18 Å². The minimum absolute atomic E-state index is 0.0272. The molecule has 3 nitrogen and oxygen atoms in total. The van der Waals surface area contributed by atoms with E-state index in [1.807, 2.05) is 11.8 Å². The van der Waals surface area contributed by atoms with Gasteiger partial charge in [0, 0.05) is 12.6 Å². The van der Waals surface area contributed by atoms with E-state index >= 15 is 0 Å². The summed E-state index contributed by atoms with van der Waals surface area (Å²) in [5.41, 5.74) is 1.06. The Labute approximate surface area is 113 Å². The number of hydrogen-bond donors (Lipinski definition) is 1. The zero-order chi connectivity index (χ0) is 13.8. The number of likely N-dealkylation sites (tertiary alicyclic amines) is 1. The number of benzene rings is 1. The van der Waals surface area contributed by atoms with Gasteiger partial charge in [-0.15, -0.1) is 0 Å². The summed E-state index contributed by atoms with van der Waals surface area (Å²) in [5, 5.41) is 3.21. The number of likely N-dealkylation sites (N-methyl/N-ethyl adjacent to an activating group) is 1. The number of amides is 1. The van der Waals surface area contributed by atoms with Gasteiger partial charge in [0.1, 0.15) is 5.82 Å². The highest BCUT2D eigenvalue weighted by Crippen LogP contribution is 2.17. The minimum Gasteiger partial charge on any atom is -0.338 e. The standard InChI is InChI=1S/C15H21FN2O/c1-3-17-14-8-9-18(15(14)19)11(2)10-12-4-6-13(16)7-5-12/h4-7,11,14,17H,3,8-10H2,1-2H3. The summed E-state index contributed by atoms with van der Waals surface area (Å²) in [6.45, 7) is 5.68. The van der Waals surface area contributed by atoms with E-state index in [4.69, 9.17) is 0 Å². The summed E-state index contributed by atoms with van der Waals surface area (Å²) < 4.78 is 12.9. The van der Waals surface area contributed by atoms with Crippen molar-refractivity contribution in [2.75, 3.05) is 13.1 Å². The number of hydrogen-bond acceptors (Lipinski definition) is 2. The highest BCUT2D eigenvalue weighted by atomic mass is 19.1. The van der Waals surface area contributed by atoms with Crippen LogP contribution < -0.4 is 5.32 Å². The fraction of sp³-hybridized carbons (Fsp3) is 0.533. The molecule has 0 aliphatic carbocycles. The van der Waals surface area contributed by atoms with Gasteiger partial charge in [-0.2, -0.15) is 0 Å². The molecule has 2 rings (SSSR count). The first-order chi connectivity index (χ1) is 9.11. The third kappa shape index (κ3) is 3.32. The molecule has 2 atom stereocenters. The van der Waals surface area contributed by atoms with Crippen molar-refractivity contribution < 1.29 is 9.18 Å². The van der Waals surface area contributed by atoms with Crippen LogP contribution in [0.4, 0.5) is 4.39 Å². The van der Waals surface area contributed by atoms with Crippen LogP contribution in [-0.4, -0.2) is 36.0 Å². The van der Waals surface area contributed by atoms with Gasteiger partial charge < -0.3 is 10.2 Å². The smallest absolute Gasteiger partial charge is 0.240 e. The summed E-state index contributed by atoms with van der Waals surface area (Å²) in [7, 11) is 0. The van der Waals surface area contributed by atoms with Gasteiger partial charge in [0.05, 0.1) is 6.04 Å². The van der Waals surface area contributed by atoms with Crippen molar-refractivity contribution in [3.8, 4) is 0 Å². The molecule has 1 amide bonds. The van der Waals surface area contributed by atoms with Crippen molar-refractivity contribution in [2.24, 2.45) is 0 Å². The number of rotatable bonds is 5. The lowest BCUT2D eigenvalue weighted by atomic mass is 10.1. The number of halogens is 1. The van der Waals surface area contributed by atoms with Crippen LogP contribution in [0.15, 0.2) is 24.3 Å². The van der Waals surface area contributed by atoms with Crippen LogP contribution >= 0.6 is 0 Å². The molecule has 0 saturated carbocycles. The molecule has 1 heterocycles. The van der Waals surface area contributed by atoms with Crippen molar-refractivity contribution in [1.82, 2.24) is 10.2 Å². The lowest BCUT2D eigenvalue weighted by molar-refractivity contribution is -0.131. The van der Waals surface area contributed by atoms with Crippen LogP contribution in [0, 0.1) is 5.82 Å². The quantitative estimate of drug-likeness (QED) is 0.882. The largest absolute Gasteiger partial charge is 0.338 e.